The molecule has 0 aliphatic carbocycles. The largest absolute Gasteiger partial charge is 0.489 e. The average molecular weight is 325 g/mol. The van der Waals surface area contributed by atoms with Crippen molar-refractivity contribution in [2.45, 2.75) is 26.4 Å². The summed E-state index contributed by atoms with van der Waals surface area (Å²) >= 11 is 0. The number of carbonyl (C=O) groups excluding carboxylic acids is 1. The third-order valence-corrected chi connectivity index (χ3v) is 3.43. The van der Waals surface area contributed by atoms with Crippen molar-refractivity contribution < 1.29 is 14.3 Å². The first kappa shape index (κ1) is 17.6. The fourth-order valence-electron chi connectivity index (χ4n) is 2.14. The van der Waals surface area contributed by atoms with E-state index in [-0.39, 0.29) is 5.91 Å². The van der Waals surface area contributed by atoms with Gasteiger partial charge in [0.25, 0.3) is 5.91 Å². The lowest BCUT2D eigenvalue weighted by atomic mass is 10.2. The number of anilines is 1. The zero-order chi connectivity index (χ0) is 17.4. The van der Waals surface area contributed by atoms with Crippen LogP contribution in [0.4, 0.5) is 5.69 Å². The lowest BCUT2D eigenvalue weighted by molar-refractivity contribution is -0.122. The molecule has 1 unspecified atom stereocenters. The smallest absolute Gasteiger partial charge is 0.265 e. The molecule has 4 heteroatoms. The average Bonchev–Trinajstić information content (AvgIpc) is 2.59. The molecule has 1 amide bonds. The molecule has 0 bridgehead atoms. The highest BCUT2D eigenvalue weighted by molar-refractivity contribution is 5.94. The first-order valence-electron chi connectivity index (χ1n) is 8.00. The summed E-state index contributed by atoms with van der Waals surface area (Å²) in [6.07, 6.45) is 1.70. The molecule has 2 rings (SSSR count). The van der Waals surface area contributed by atoms with Gasteiger partial charge in [0, 0.05) is 11.8 Å². The van der Waals surface area contributed by atoms with Crippen LogP contribution in [0.2, 0.25) is 0 Å². The molecule has 0 saturated carbocycles. The monoisotopic (exact) mass is 325 g/mol. The first-order valence-corrected chi connectivity index (χ1v) is 8.00. The molecule has 4 nitrogen and oxygen atoms in total. The highest BCUT2D eigenvalue weighted by Crippen LogP contribution is 2.19. The fraction of sp³-hybridized carbons (Fsp3) is 0.250. The van der Waals surface area contributed by atoms with Crippen molar-refractivity contribution >= 4 is 11.6 Å². The number of ether oxygens (including phenoxy) is 2. The lowest BCUT2D eigenvalue weighted by Crippen LogP contribution is -2.32. The molecule has 2 aromatic carbocycles. The summed E-state index contributed by atoms with van der Waals surface area (Å²) in [5, 5.41) is 2.87. The predicted molar refractivity (Wildman–Crippen MR) is 96.6 cm³/mol. The van der Waals surface area contributed by atoms with E-state index >= 15 is 0 Å². The Morgan fingerprint density at radius 1 is 1.21 bits per heavy atom. The molecular weight excluding hydrogens is 302 g/mol. The number of carbonyl (C=O) groups is 1. The van der Waals surface area contributed by atoms with Gasteiger partial charge < -0.3 is 14.8 Å². The van der Waals surface area contributed by atoms with Crippen LogP contribution < -0.4 is 14.8 Å². The number of nitrogens with one attached hydrogen (secondary N) is 1. The van der Waals surface area contributed by atoms with Crippen molar-refractivity contribution in [3.05, 3.63) is 66.7 Å². The van der Waals surface area contributed by atoms with E-state index in [1.165, 1.54) is 0 Å². The maximum Gasteiger partial charge on any atom is 0.265 e. The van der Waals surface area contributed by atoms with Crippen LogP contribution in [0, 0.1) is 6.92 Å². The van der Waals surface area contributed by atoms with E-state index in [0.29, 0.717) is 30.2 Å². The second-order valence-corrected chi connectivity index (χ2v) is 5.44. The van der Waals surface area contributed by atoms with Gasteiger partial charge in [-0.25, -0.2) is 0 Å². The van der Waals surface area contributed by atoms with E-state index in [2.05, 4.69) is 11.9 Å². The molecule has 0 radical (unpaired) electrons. The SMILES string of the molecule is C=CCOc1cccc(NC(=O)C(CC)Oc2ccc(C)cc2)c1. The molecule has 2 aromatic rings. The van der Waals surface area contributed by atoms with Gasteiger partial charge in [-0.2, -0.15) is 0 Å². The molecule has 0 spiro atoms. The molecular formula is C20H23NO3. The Morgan fingerprint density at radius 2 is 1.96 bits per heavy atom. The molecule has 0 aliphatic rings. The van der Waals surface area contributed by atoms with Gasteiger partial charge in [-0.15, -0.1) is 0 Å². The van der Waals surface area contributed by atoms with E-state index in [9.17, 15) is 4.79 Å². The fourth-order valence-corrected chi connectivity index (χ4v) is 2.14. The third kappa shape index (κ3) is 5.16. The van der Waals surface area contributed by atoms with Gasteiger partial charge in [0.1, 0.15) is 18.1 Å². The minimum atomic E-state index is -0.551. The van der Waals surface area contributed by atoms with Crippen LogP contribution in [0.3, 0.4) is 0 Å². The standard InChI is InChI=1S/C20H23NO3/c1-4-13-23-18-8-6-7-16(14-18)21-20(22)19(5-2)24-17-11-9-15(3)10-12-17/h4,6-12,14,19H,1,5,13H2,2-3H3,(H,21,22). The van der Waals surface area contributed by atoms with Crippen molar-refractivity contribution in [1.29, 1.82) is 0 Å². The summed E-state index contributed by atoms with van der Waals surface area (Å²) in [5.74, 6) is 1.19. The van der Waals surface area contributed by atoms with Crippen molar-refractivity contribution in [1.82, 2.24) is 0 Å². The van der Waals surface area contributed by atoms with E-state index in [0.717, 1.165) is 5.56 Å². The molecule has 0 aromatic heterocycles. The van der Waals surface area contributed by atoms with Gasteiger partial charge in [-0.1, -0.05) is 43.3 Å². The third-order valence-electron chi connectivity index (χ3n) is 3.43. The van der Waals surface area contributed by atoms with Crippen molar-refractivity contribution in [2.24, 2.45) is 0 Å². The van der Waals surface area contributed by atoms with E-state index < -0.39 is 6.10 Å². The number of aryl methyl sites for hydroxylation is 1. The normalized spacial score (nSPS) is 11.4. The molecule has 0 aliphatic heterocycles. The van der Waals surface area contributed by atoms with Crippen LogP contribution in [0.5, 0.6) is 11.5 Å². The molecule has 0 fully saturated rings. The molecule has 1 atom stereocenters. The maximum absolute atomic E-state index is 12.4. The predicted octanol–water partition coefficient (Wildman–Crippen LogP) is 4.36. The Morgan fingerprint density at radius 3 is 2.62 bits per heavy atom. The van der Waals surface area contributed by atoms with E-state index in [1.807, 2.05) is 56.3 Å². The van der Waals surface area contributed by atoms with Gasteiger partial charge in [0.05, 0.1) is 0 Å². The second-order valence-electron chi connectivity index (χ2n) is 5.44. The number of benzene rings is 2. The molecule has 0 heterocycles. The summed E-state index contributed by atoms with van der Waals surface area (Å²) in [4.78, 5) is 12.4. The minimum absolute atomic E-state index is 0.182. The van der Waals surface area contributed by atoms with Gasteiger partial charge in [-0.05, 0) is 37.6 Å². The quantitative estimate of drug-likeness (QED) is 0.734. The summed E-state index contributed by atoms with van der Waals surface area (Å²) in [7, 11) is 0. The van der Waals surface area contributed by atoms with Crippen LogP contribution in [0.1, 0.15) is 18.9 Å². The van der Waals surface area contributed by atoms with Crippen LogP contribution in [0.15, 0.2) is 61.2 Å². The number of amides is 1. The Kier molecular flexibility index (Phi) is 6.43. The Labute approximate surface area is 143 Å². The zero-order valence-corrected chi connectivity index (χ0v) is 14.1. The Bertz CT molecular complexity index is 680. The summed E-state index contributed by atoms with van der Waals surface area (Å²) in [6.45, 7) is 7.96. The minimum Gasteiger partial charge on any atom is -0.489 e. The van der Waals surface area contributed by atoms with Crippen LogP contribution in [-0.4, -0.2) is 18.6 Å². The van der Waals surface area contributed by atoms with Gasteiger partial charge in [0.2, 0.25) is 0 Å². The van der Waals surface area contributed by atoms with Gasteiger partial charge in [-0.3, -0.25) is 4.79 Å². The molecule has 24 heavy (non-hydrogen) atoms. The number of hydrogen-bond donors (Lipinski definition) is 1. The van der Waals surface area contributed by atoms with Crippen molar-refractivity contribution in [2.75, 3.05) is 11.9 Å². The van der Waals surface area contributed by atoms with E-state index in [4.69, 9.17) is 9.47 Å². The highest BCUT2D eigenvalue weighted by Gasteiger charge is 2.18. The Balaban J connectivity index is 2.00. The molecule has 126 valence electrons. The zero-order valence-electron chi connectivity index (χ0n) is 14.1. The number of hydrogen-bond acceptors (Lipinski definition) is 3. The summed E-state index contributed by atoms with van der Waals surface area (Å²) in [5.41, 5.74) is 1.82. The Hall–Kier alpha value is -2.75. The lowest BCUT2D eigenvalue weighted by Gasteiger charge is -2.17. The number of rotatable bonds is 8. The second kappa shape index (κ2) is 8.77. The first-order chi connectivity index (χ1) is 11.6. The molecule has 1 N–H and O–H groups in total. The van der Waals surface area contributed by atoms with Gasteiger partial charge in [0.15, 0.2) is 6.10 Å². The maximum atomic E-state index is 12.4. The van der Waals surface area contributed by atoms with Crippen LogP contribution >= 0.6 is 0 Å². The summed E-state index contributed by atoms with van der Waals surface area (Å²) < 4.78 is 11.3. The van der Waals surface area contributed by atoms with Crippen LogP contribution in [-0.2, 0) is 4.79 Å². The highest BCUT2D eigenvalue weighted by atomic mass is 16.5. The van der Waals surface area contributed by atoms with Crippen molar-refractivity contribution in [3.63, 3.8) is 0 Å². The molecule has 0 saturated heterocycles. The summed E-state index contributed by atoms with van der Waals surface area (Å²) in [6, 6.07) is 14.9. The topological polar surface area (TPSA) is 47.6 Å². The van der Waals surface area contributed by atoms with Crippen molar-refractivity contribution in [3.8, 4) is 11.5 Å². The van der Waals surface area contributed by atoms with Gasteiger partial charge >= 0.3 is 0 Å². The van der Waals surface area contributed by atoms with E-state index in [1.54, 1.807) is 12.1 Å². The van der Waals surface area contributed by atoms with Crippen LogP contribution in [0.25, 0.3) is 0 Å².